The molecule has 0 heterocycles. The summed E-state index contributed by atoms with van der Waals surface area (Å²) in [6.07, 6.45) is 0. The molecule has 1 N–H and O–H groups in total. The van der Waals surface area contributed by atoms with Crippen LogP contribution in [0.4, 0.5) is 0 Å². The number of rotatable bonds is 4. The lowest BCUT2D eigenvalue weighted by Gasteiger charge is -2.22. The molecule has 0 radical (unpaired) electrons. The van der Waals surface area contributed by atoms with Gasteiger partial charge in [0.15, 0.2) is 7.14 Å². The predicted octanol–water partition coefficient (Wildman–Crippen LogP) is 3.33. The van der Waals surface area contributed by atoms with Crippen LogP contribution in [0.5, 0.6) is 0 Å². The lowest BCUT2D eigenvalue weighted by molar-refractivity contribution is 0.0697. The quantitative estimate of drug-likeness (QED) is 0.744. The molecule has 120 valence electrons. The zero-order valence-corrected chi connectivity index (χ0v) is 14.1. The molecule has 0 aliphatic carbocycles. The minimum absolute atomic E-state index is 0.141. The lowest BCUT2D eigenvalue weighted by atomic mass is 10.1. The Balaban J connectivity index is 2.34. The van der Waals surface area contributed by atoms with Crippen molar-refractivity contribution in [2.75, 3.05) is 0 Å². The molecular weight excluding hydrogens is 319 g/mol. The third kappa shape index (κ3) is 2.79. The van der Waals surface area contributed by atoms with Gasteiger partial charge < -0.3 is 9.67 Å². The number of carbonyl (C=O) groups is 1. The van der Waals surface area contributed by atoms with Gasteiger partial charge in [-0.2, -0.15) is 0 Å². The number of carboxylic acids is 1. The second-order valence-corrected chi connectivity index (χ2v) is 8.32. The van der Waals surface area contributed by atoms with Gasteiger partial charge in [-0.05, 0) is 24.6 Å². The maximum absolute atomic E-state index is 14.2. The van der Waals surface area contributed by atoms with Gasteiger partial charge in [0.1, 0.15) is 0 Å². The normalized spacial score (nSPS) is 11.2. The molecule has 3 aromatic carbocycles. The largest absolute Gasteiger partial charge is 0.478 e. The van der Waals surface area contributed by atoms with Crippen LogP contribution in [0.25, 0.3) is 0 Å². The van der Waals surface area contributed by atoms with Gasteiger partial charge in [0.2, 0.25) is 0 Å². The topological polar surface area (TPSA) is 54.4 Å². The molecule has 0 unspecified atom stereocenters. The van der Waals surface area contributed by atoms with Crippen LogP contribution in [0.15, 0.2) is 78.9 Å². The Morgan fingerprint density at radius 1 is 0.833 bits per heavy atom. The molecule has 4 heteroatoms. The van der Waals surface area contributed by atoms with E-state index in [-0.39, 0.29) is 5.56 Å². The van der Waals surface area contributed by atoms with Crippen molar-refractivity contribution in [2.24, 2.45) is 0 Å². The first-order chi connectivity index (χ1) is 11.5. The third-order valence-electron chi connectivity index (χ3n) is 4.03. The SMILES string of the molecule is Cc1ccc(C(=O)O)cc1P(=O)(c1ccccc1)c1ccccc1. The van der Waals surface area contributed by atoms with E-state index in [0.717, 1.165) is 5.56 Å². The van der Waals surface area contributed by atoms with Crippen molar-refractivity contribution in [3.8, 4) is 0 Å². The number of hydrogen-bond acceptors (Lipinski definition) is 2. The van der Waals surface area contributed by atoms with Gasteiger partial charge in [0.25, 0.3) is 0 Å². The molecule has 0 amide bonds. The van der Waals surface area contributed by atoms with Crippen LogP contribution in [-0.2, 0) is 4.57 Å². The van der Waals surface area contributed by atoms with E-state index in [1.54, 1.807) is 18.2 Å². The van der Waals surface area contributed by atoms with Gasteiger partial charge in [-0.3, -0.25) is 0 Å². The van der Waals surface area contributed by atoms with E-state index >= 15 is 0 Å². The van der Waals surface area contributed by atoms with Crippen molar-refractivity contribution >= 4 is 29.0 Å². The van der Waals surface area contributed by atoms with Crippen LogP contribution >= 0.6 is 7.14 Å². The Bertz CT molecular complexity index is 875. The number of carboxylic acid groups (broad SMARTS) is 1. The highest BCUT2D eigenvalue weighted by atomic mass is 31.2. The average molecular weight is 336 g/mol. The summed E-state index contributed by atoms with van der Waals surface area (Å²) < 4.78 is 14.2. The molecule has 3 rings (SSSR count). The van der Waals surface area contributed by atoms with E-state index in [2.05, 4.69) is 0 Å². The molecule has 24 heavy (non-hydrogen) atoms. The Hall–Kier alpha value is -2.64. The van der Waals surface area contributed by atoms with E-state index < -0.39 is 13.1 Å². The molecule has 0 aliphatic heterocycles. The van der Waals surface area contributed by atoms with Crippen LogP contribution in [0.3, 0.4) is 0 Å². The molecule has 0 aliphatic rings. The summed E-state index contributed by atoms with van der Waals surface area (Å²) in [5.41, 5.74) is 0.957. The lowest BCUT2D eigenvalue weighted by Crippen LogP contribution is -2.27. The maximum atomic E-state index is 14.2. The Labute approximate surface area is 141 Å². The maximum Gasteiger partial charge on any atom is 0.335 e. The molecule has 0 saturated heterocycles. The first-order valence-corrected chi connectivity index (χ1v) is 9.30. The van der Waals surface area contributed by atoms with Gasteiger partial charge in [-0.25, -0.2) is 4.79 Å². The summed E-state index contributed by atoms with van der Waals surface area (Å²) in [5.74, 6) is -1.02. The fraction of sp³-hybridized carbons (Fsp3) is 0.0500. The Kier molecular flexibility index (Phi) is 4.37. The first-order valence-electron chi connectivity index (χ1n) is 7.59. The zero-order chi connectivity index (χ0) is 17.2. The molecular formula is C20H17O3P. The third-order valence-corrected chi connectivity index (χ3v) is 7.25. The summed E-state index contributed by atoms with van der Waals surface area (Å²) >= 11 is 0. The summed E-state index contributed by atoms with van der Waals surface area (Å²) in [5, 5.41) is 11.3. The summed E-state index contributed by atoms with van der Waals surface area (Å²) in [4.78, 5) is 11.4. The minimum atomic E-state index is -3.14. The van der Waals surface area contributed by atoms with Gasteiger partial charge in [-0.15, -0.1) is 0 Å². The fourth-order valence-corrected chi connectivity index (χ4v) is 5.72. The summed E-state index contributed by atoms with van der Waals surface area (Å²) in [6.45, 7) is 1.86. The molecule has 0 atom stereocenters. The highest BCUT2D eigenvalue weighted by Crippen LogP contribution is 2.43. The standard InChI is InChI=1S/C20H17O3P/c1-15-12-13-16(20(21)22)14-19(15)24(23,17-8-4-2-5-9-17)18-10-6-3-7-11-18/h2-14H,1H3,(H,21,22). The number of hydrogen-bond donors (Lipinski definition) is 1. The second-order valence-electron chi connectivity index (χ2n) is 5.59. The van der Waals surface area contributed by atoms with Crippen molar-refractivity contribution in [1.29, 1.82) is 0 Å². The predicted molar refractivity (Wildman–Crippen MR) is 97.5 cm³/mol. The van der Waals surface area contributed by atoms with Gasteiger partial charge in [0, 0.05) is 15.9 Å². The van der Waals surface area contributed by atoms with E-state index in [1.807, 2.05) is 67.6 Å². The van der Waals surface area contributed by atoms with Crippen molar-refractivity contribution in [3.05, 3.63) is 90.0 Å². The van der Waals surface area contributed by atoms with E-state index in [1.165, 1.54) is 0 Å². The molecule has 3 nitrogen and oxygen atoms in total. The van der Waals surface area contributed by atoms with Crippen molar-refractivity contribution in [3.63, 3.8) is 0 Å². The monoisotopic (exact) mass is 336 g/mol. The van der Waals surface area contributed by atoms with Crippen LogP contribution in [-0.4, -0.2) is 11.1 Å². The number of benzene rings is 3. The fourth-order valence-electron chi connectivity index (χ4n) is 2.78. The van der Waals surface area contributed by atoms with Crippen molar-refractivity contribution in [1.82, 2.24) is 0 Å². The highest BCUT2D eigenvalue weighted by molar-refractivity contribution is 7.85. The van der Waals surface area contributed by atoms with Gasteiger partial charge in [0.05, 0.1) is 5.56 Å². The highest BCUT2D eigenvalue weighted by Gasteiger charge is 2.31. The first kappa shape index (κ1) is 16.2. The number of aromatic carboxylic acids is 1. The molecule has 0 aromatic heterocycles. The average Bonchev–Trinajstić information content (AvgIpc) is 2.62. The van der Waals surface area contributed by atoms with E-state index in [9.17, 15) is 14.5 Å². The van der Waals surface area contributed by atoms with Gasteiger partial charge >= 0.3 is 5.97 Å². The zero-order valence-electron chi connectivity index (χ0n) is 13.2. The van der Waals surface area contributed by atoms with Crippen LogP contribution in [0, 0.1) is 6.92 Å². The Morgan fingerprint density at radius 3 is 1.79 bits per heavy atom. The second kappa shape index (κ2) is 6.46. The van der Waals surface area contributed by atoms with Crippen molar-refractivity contribution < 1.29 is 14.5 Å². The summed E-state index contributed by atoms with van der Waals surface area (Å²) in [6, 6.07) is 23.3. The number of aryl methyl sites for hydroxylation is 1. The molecule has 0 bridgehead atoms. The summed E-state index contributed by atoms with van der Waals surface area (Å²) in [7, 11) is -3.14. The van der Waals surface area contributed by atoms with E-state index in [4.69, 9.17) is 0 Å². The smallest absolute Gasteiger partial charge is 0.335 e. The van der Waals surface area contributed by atoms with Crippen LogP contribution in [0.2, 0.25) is 0 Å². The van der Waals surface area contributed by atoms with E-state index in [0.29, 0.717) is 15.9 Å². The van der Waals surface area contributed by atoms with Crippen LogP contribution in [0.1, 0.15) is 15.9 Å². The Morgan fingerprint density at radius 2 is 1.33 bits per heavy atom. The molecule has 3 aromatic rings. The van der Waals surface area contributed by atoms with Crippen LogP contribution < -0.4 is 15.9 Å². The van der Waals surface area contributed by atoms with Crippen molar-refractivity contribution in [2.45, 2.75) is 6.92 Å². The molecule has 0 spiro atoms. The minimum Gasteiger partial charge on any atom is -0.478 e. The molecule has 0 saturated carbocycles. The van der Waals surface area contributed by atoms with Gasteiger partial charge in [-0.1, -0.05) is 66.7 Å². The molecule has 0 fully saturated rings.